The van der Waals surface area contributed by atoms with Gasteiger partial charge in [0, 0.05) is 6.42 Å². The topological polar surface area (TPSA) is 91.3 Å². The molecule has 0 aromatic heterocycles. The Morgan fingerprint density at radius 2 is 1.11 bits per heavy atom. The summed E-state index contributed by atoms with van der Waals surface area (Å²) < 4.78 is 34.6. The fraction of sp³-hybridized carbons (Fsp3) is 0.921. The number of ether oxygens (including phenoxy) is 2. The summed E-state index contributed by atoms with van der Waals surface area (Å²) in [5.41, 5.74) is 0. The molecule has 0 amide bonds. The summed E-state index contributed by atoms with van der Waals surface area (Å²) in [5.74, 6) is -0.277. The second kappa shape index (κ2) is 32.3. The van der Waals surface area contributed by atoms with Gasteiger partial charge in [-0.05, 0) is 25.3 Å². The molecule has 0 aliphatic rings. The Hall–Kier alpha value is -0.920. The number of allylic oxidation sites excluding steroid dienone is 1. The molecule has 0 fully saturated rings. The smallest absolute Gasteiger partial charge is 0.472 e. The minimum atomic E-state index is -4.25. The summed E-state index contributed by atoms with van der Waals surface area (Å²) in [5, 5.41) is 0. The molecule has 0 aromatic rings. The molecule has 8 nitrogen and oxygen atoms in total. The summed E-state index contributed by atoms with van der Waals surface area (Å²) in [4.78, 5) is 22.5. The lowest BCUT2D eigenvalue weighted by Gasteiger charge is -2.24. The molecule has 0 rings (SSSR count). The van der Waals surface area contributed by atoms with Crippen LogP contribution in [0.25, 0.3) is 0 Å². The summed E-state index contributed by atoms with van der Waals surface area (Å²) in [6.45, 7) is 4.91. The molecular formula is C38H77NO7P+. The van der Waals surface area contributed by atoms with E-state index in [4.69, 9.17) is 18.5 Å². The van der Waals surface area contributed by atoms with Gasteiger partial charge in [-0.3, -0.25) is 13.8 Å². The average molecular weight is 691 g/mol. The van der Waals surface area contributed by atoms with Crippen LogP contribution in [0.5, 0.6) is 0 Å². The van der Waals surface area contributed by atoms with Crippen molar-refractivity contribution in [1.29, 1.82) is 0 Å². The number of phosphoric ester groups is 1. The maximum Gasteiger partial charge on any atom is 0.472 e. The normalized spacial score (nSPS) is 14.0. The average Bonchev–Trinajstić information content (AvgIpc) is 3.01. The van der Waals surface area contributed by atoms with Gasteiger partial charge in [0.25, 0.3) is 0 Å². The lowest BCUT2D eigenvalue weighted by atomic mass is 10.0. The van der Waals surface area contributed by atoms with Gasteiger partial charge in [-0.2, -0.15) is 0 Å². The quantitative estimate of drug-likeness (QED) is 0.0230. The third-order valence-electron chi connectivity index (χ3n) is 8.45. The summed E-state index contributed by atoms with van der Waals surface area (Å²) in [6.07, 6.45) is 33.4. The third kappa shape index (κ3) is 36.2. The number of rotatable bonds is 36. The van der Waals surface area contributed by atoms with E-state index in [1.165, 1.54) is 122 Å². The number of nitrogens with zero attached hydrogens (tertiary/aromatic N) is 1. The fourth-order valence-corrected chi connectivity index (χ4v) is 6.04. The number of carbonyl (C=O) groups is 1. The Morgan fingerprint density at radius 3 is 1.57 bits per heavy atom. The Balaban J connectivity index is 4.33. The molecule has 0 saturated heterocycles. The van der Waals surface area contributed by atoms with Crippen LogP contribution in [-0.4, -0.2) is 69.0 Å². The van der Waals surface area contributed by atoms with Crippen molar-refractivity contribution in [1.82, 2.24) is 0 Å². The zero-order valence-corrected chi connectivity index (χ0v) is 32.4. The highest BCUT2D eigenvalue weighted by molar-refractivity contribution is 7.47. The molecular weight excluding hydrogens is 613 g/mol. The Labute approximate surface area is 290 Å². The van der Waals surface area contributed by atoms with Crippen molar-refractivity contribution >= 4 is 13.8 Å². The fourth-order valence-electron chi connectivity index (χ4n) is 5.30. The maximum absolute atomic E-state index is 12.4. The first-order chi connectivity index (χ1) is 22.6. The van der Waals surface area contributed by atoms with Crippen molar-refractivity contribution in [3.63, 3.8) is 0 Å². The van der Waals surface area contributed by atoms with Crippen LogP contribution in [0.1, 0.15) is 174 Å². The van der Waals surface area contributed by atoms with E-state index in [9.17, 15) is 14.3 Å². The van der Waals surface area contributed by atoms with E-state index >= 15 is 0 Å². The van der Waals surface area contributed by atoms with Gasteiger partial charge in [0.2, 0.25) is 0 Å². The number of carbonyl (C=O) groups excluding carboxylic acids is 1. The van der Waals surface area contributed by atoms with Crippen molar-refractivity contribution in [2.75, 3.05) is 47.5 Å². The molecule has 1 N–H and O–H groups in total. The van der Waals surface area contributed by atoms with Crippen LogP contribution in [0.4, 0.5) is 0 Å². The van der Waals surface area contributed by atoms with Crippen molar-refractivity contribution < 1.29 is 37.3 Å². The van der Waals surface area contributed by atoms with Crippen molar-refractivity contribution in [2.45, 2.75) is 180 Å². The van der Waals surface area contributed by atoms with Gasteiger partial charge >= 0.3 is 13.8 Å². The summed E-state index contributed by atoms with van der Waals surface area (Å²) in [7, 11) is 1.68. The summed E-state index contributed by atoms with van der Waals surface area (Å²) in [6, 6.07) is 0. The summed E-state index contributed by atoms with van der Waals surface area (Å²) >= 11 is 0. The second-order valence-electron chi connectivity index (χ2n) is 14.4. The predicted molar refractivity (Wildman–Crippen MR) is 196 cm³/mol. The highest BCUT2D eigenvalue weighted by Crippen LogP contribution is 2.43. The zero-order chi connectivity index (χ0) is 34.9. The number of hydrogen-bond acceptors (Lipinski definition) is 6. The van der Waals surface area contributed by atoms with Crippen LogP contribution >= 0.6 is 7.82 Å². The Bertz CT molecular complexity index is 772. The molecule has 2 unspecified atom stereocenters. The number of likely N-dealkylation sites (N-methyl/N-ethyl adjacent to an activating group) is 1. The second-order valence-corrected chi connectivity index (χ2v) is 15.8. The molecule has 0 radical (unpaired) electrons. The van der Waals surface area contributed by atoms with Crippen molar-refractivity contribution in [3.8, 4) is 0 Å². The highest BCUT2D eigenvalue weighted by atomic mass is 31.2. The van der Waals surface area contributed by atoms with E-state index in [2.05, 4.69) is 13.8 Å². The van der Waals surface area contributed by atoms with Gasteiger partial charge in [-0.15, -0.1) is 0 Å². The molecule has 9 heteroatoms. The van der Waals surface area contributed by atoms with E-state index in [0.29, 0.717) is 17.4 Å². The molecule has 0 heterocycles. The van der Waals surface area contributed by atoms with Crippen LogP contribution in [0.15, 0.2) is 12.3 Å². The molecule has 280 valence electrons. The van der Waals surface area contributed by atoms with E-state index < -0.39 is 13.9 Å². The first kappa shape index (κ1) is 46.1. The van der Waals surface area contributed by atoms with Crippen molar-refractivity contribution in [2.24, 2.45) is 0 Å². The Kier molecular flexibility index (Phi) is 31.7. The van der Waals surface area contributed by atoms with Crippen LogP contribution < -0.4 is 0 Å². The number of hydrogen-bond donors (Lipinski definition) is 1. The van der Waals surface area contributed by atoms with Gasteiger partial charge in [0.15, 0.2) is 6.10 Å². The van der Waals surface area contributed by atoms with Gasteiger partial charge < -0.3 is 18.9 Å². The first-order valence-corrected chi connectivity index (χ1v) is 21.0. The van der Waals surface area contributed by atoms with Gasteiger partial charge in [-0.1, -0.05) is 149 Å². The standard InChI is InChI=1S/C38H76NO7P/c1-6-8-10-12-14-16-18-19-20-22-24-26-28-30-33-43-37(36-46-47(41,42)45-34-32-39(3,4)5)35-44-38(40)31-29-27-25-23-21-17-15-13-11-9-7-2/h30,33,37H,6-29,31-32,34-36H2,1-5H3/p+1/b33-30-. The third-order valence-corrected chi connectivity index (χ3v) is 9.43. The Morgan fingerprint density at radius 1 is 0.660 bits per heavy atom. The SMILES string of the molecule is CCCCCCCCCCCCCC/C=C\OC(COC(=O)CCCCCCCCCCCCC)COP(=O)(O)OCC[N+](C)(C)C. The van der Waals surface area contributed by atoms with E-state index in [1.54, 1.807) is 6.26 Å². The number of unbranched alkanes of at least 4 members (excludes halogenated alkanes) is 22. The number of esters is 1. The van der Waals surface area contributed by atoms with Crippen molar-refractivity contribution in [3.05, 3.63) is 12.3 Å². The molecule has 2 atom stereocenters. The predicted octanol–water partition coefficient (Wildman–Crippen LogP) is 11.1. The van der Waals surface area contributed by atoms with Gasteiger partial charge in [0.1, 0.15) is 19.8 Å². The minimum Gasteiger partial charge on any atom is -0.492 e. The molecule has 0 aromatic carbocycles. The van der Waals surface area contributed by atoms with Crippen LogP contribution in [-0.2, 0) is 27.9 Å². The lowest BCUT2D eigenvalue weighted by Crippen LogP contribution is -2.37. The lowest BCUT2D eigenvalue weighted by molar-refractivity contribution is -0.870. The van der Waals surface area contributed by atoms with Crippen LogP contribution in [0.2, 0.25) is 0 Å². The molecule has 0 bridgehead atoms. The highest BCUT2D eigenvalue weighted by Gasteiger charge is 2.25. The van der Waals surface area contributed by atoms with Crippen LogP contribution in [0.3, 0.4) is 0 Å². The van der Waals surface area contributed by atoms with E-state index in [1.807, 2.05) is 27.2 Å². The number of quaternary nitrogens is 1. The van der Waals surface area contributed by atoms with E-state index in [-0.39, 0.29) is 25.8 Å². The maximum atomic E-state index is 12.4. The monoisotopic (exact) mass is 691 g/mol. The van der Waals surface area contributed by atoms with Gasteiger partial charge in [0.05, 0.1) is 34.0 Å². The van der Waals surface area contributed by atoms with E-state index in [0.717, 1.165) is 32.1 Å². The first-order valence-electron chi connectivity index (χ1n) is 19.5. The number of phosphoric acid groups is 1. The van der Waals surface area contributed by atoms with Gasteiger partial charge in [-0.25, -0.2) is 4.57 Å². The van der Waals surface area contributed by atoms with Crippen LogP contribution in [0, 0.1) is 0 Å². The molecule has 0 saturated carbocycles. The molecule has 0 spiro atoms. The molecule has 0 aliphatic carbocycles. The zero-order valence-electron chi connectivity index (χ0n) is 31.5. The molecule has 0 aliphatic heterocycles. The molecule has 47 heavy (non-hydrogen) atoms. The minimum absolute atomic E-state index is 0.0430. The largest absolute Gasteiger partial charge is 0.492 e.